The first kappa shape index (κ1) is 16.4. The van der Waals surface area contributed by atoms with Crippen molar-refractivity contribution in [3.8, 4) is 0 Å². The highest BCUT2D eigenvalue weighted by molar-refractivity contribution is 7.88. The van der Waals surface area contributed by atoms with Gasteiger partial charge in [0.1, 0.15) is 0 Å². The van der Waals surface area contributed by atoms with Crippen LogP contribution in [0.1, 0.15) is 34.1 Å². The van der Waals surface area contributed by atoms with Crippen LogP contribution in [0.5, 0.6) is 0 Å². The highest BCUT2D eigenvalue weighted by Gasteiger charge is 2.41. The van der Waals surface area contributed by atoms with Gasteiger partial charge in [-0.3, -0.25) is 4.21 Å². The Kier molecular flexibility index (Phi) is 4.64. The topological polar surface area (TPSA) is 57.7 Å². The monoisotopic (exact) mass is 322 g/mol. The molecule has 20 heavy (non-hydrogen) atoms. The third-order valence-corrected chi connectivity index (χ3v) is 8.02. The van der Waals surface area contributed by atoms with Crippen molar-refractivity contribution in [3.05, 3.63) is 0 Å². The van der Waals surface area contributed by atoms with E-state index in [1.165, 1.54) is 4.31 Å². The Balaban J connectivity index is 2.16. The van der Waals surface area contributed by atoms with Crippen LogP contribution in [-0.2, 0) is 21.0 Å². The van der Waals surface area contributed by atoms with Crippen LogP contribution in [0.15, 0.2) is 0 Å². The van der Waals surface area contributed by atoms with Crippen molar-refractivity contribution in [2.45, 2.75) is 38.9 Å². The van der Waals surface area contributed by atoms with E-state index >= 15 is 0 Å². The van der Waals surface area contributed by atoms with E-state index in [9.17, 15) is 12.6 Å². The third-order valence-electron chi connectivity index (χ3n) is 4.19. The van der Waals surface area contributed by atoms with E-state index < -0.39 is 25.8 Å². The fraction of sp³-hybridized carbons (Fsp3) is 1.00. The third kappa shape index (κ3) is 3.26. The minimum Gasteiger partial charge on any atom is -0.259 e. The number of rotatable bonds is 2. The first-order valence-electron chi connectivity index (χ1n) is 7.26. The molecule has 3 atom stereocenters. The van der Waals surface area contributed by atoms with Crippen LogP contribution in [0, 0.1) is 11.8 Å². The number of piperidine rings is 1. The largest absolute Gasteiger partial charge is 0.282 e. The van der Waals surface area contributed by atoms with Crippen molar-refractivity contribution < 1.29 is 12.6 Å². The summed E-state index contributed by atoms with van der Waals surface area (Å²) in [6.45, 7) is 9.90. The Bertz CT molecular complexity index is 480. The van der Waals surface area contributed by atoms with Crippen molar-refractivity contribution in [1.29, 1.82) is 0 Å². The predicted octanol–water partition coefficient (Wildman–Crippen LogP) is 1.05. The smallest absolute Gasteiger partial charge is 0.259 e. The number of hydrogen-bond donors (Lipinski definition) is 0. The lowest BCUT2D eigenvalue weighted by atomic mass is 9.94. The Morgan fingerprint density at radius 3 is 2.15 bits per heavy atom. The molecule has 0 unspecified atom stereocenters. The SMILES string of the molecule is C[C@@H]1C[C@H](C)CN(S(=O)(=O)N2CC[S@@](=O)C(C)(C)C2)C1. The molecule has 0 radical (unpaired) electrons. The van der Waals surface area contributed by atoms with Crippen LogP contribution in [0.2, 0.25) is 0 Å². The maximum absolute atomic E-state index is 12.8. The summed E-state index contributed by atoms with van der Waals surface area (Å²) in [4.78, 5) is 0. The summed E-state index contributed by atoms with van der Waals surface area (Å²) in [5.41, 5.74) is 0. The zero-order valence-corrected chi connectivity index (χ0v) is 14.5. The molecule has 2 rings (SSSR count). The van der Waals surface area contributed by atoms with Crippen LogP contribution in [0.25, 0.3) is 0 Å². The Morgan fingerprint density at radius 1 is 1.10 bits per heavy atom. The molecule has 0 aromatic rings. The molecule has 118 valence electrons. The second kappa shape index (κ2) is 5.66. The minimum atomic E-state index is -3.41. The second-order valence-corrected chi connectivity index (χ2v) is 11.0. The molecular formula is C13H26N2O3S2. The van der Waals surface area contributed by atoms with Crippen molar-refractivity contribution >= 4 is 21.0 Å². The first-order chi connectivity index (χ1) is 9.13. The van der Waals surface area contributed by atoms with E-state index in [1.54, 1.807) is 4.31 Å². The molecule has 0 bridgehead atoms. The zero-order chi connectivity index (χ0) is 15.1. The summed E-state index contributed by atoms with van der Waals surface area (Å²) in [7, 11) is -4.36. The van der Waals surface area contributed by atoms with E-state index in [4.69, 9.17) is 0 Å². The molecule has 2 fully saturated rings. The fourth-order valence-corrected chi connectivity index (χ4v) is 6.65. The van der Waals surface area contributed by atoms with Crippen LogP contribution in [-0.4, -0.2) is 57.9 Å². The van der Waals surface area contributed by atoms with Gasteiger partial charge in [0.15, 0.2) is 0 Å². The summed E-state index contributed by atoms with van der Waals surface area (Å²) in [5, 5.41) is 0. The van der Waals surface area contributed by atoms with Crippen LogP contribution in [0.3, 0.4) is 0 Å². The highest BCUT2D eigenvalue weighted by atomic mass is 32.2. The lowest BCUT2D eigenvalue weighted by Gasteiger charge is -2.41. The van der Waals surface area contributed by atoms with Crippen molar-refractivity contribution in [2.24, 2.45) is 11.8 Å². The minimum absolute atomic E-state index is 0.348. The molecule has 2 heterocycles. The summed E-state index contributed by atoms with van der Waals surface area (Å²) in [6.07, 6.45) is 1.08. The highest BCUT2D eigenvalue weighted by Crippen LogP contribution is 2.28. The fourth-order valence-electron chi connectivity index (χ4n) is 3.19. The number of nitrogens with zero attached hydrogens (tertiary/aromatic N) is 2. The van der Waals surface area contributed by atoms with Gasteiger partial charge in [0.2, 0.25) is 0 Å². The second-order valence-electron chi connectivity index (χ2n) is 6.91. The molecule has 7 heteroatoms. The summed E-state index contributed by atoms with van der Waals surface area (Å²) in [5.74, 6) is 1.24. The molecule has 2 aliphatic heterocycles. The Labute approximate surface area is 125 Å². The zero-order valence-electron chi connectivity index (χ0n) is 12.8. The molecule has 2 aliphatic rings. The van der Waals surface area contributed by atoms with Crippen molar-refractivity contribution in [3.63, 3.8) is 0 Å². The summed E-state index contributed by atoms with van der Waals surface area (Å²) in [6, 6.07) is 0. The van der Waals surface area contributed by atoms with Gasteiger partial charge in [0, 0.05) is 42.7 Å². The van der Waals surface area contributed by atoms with Crippen LogP contribution >= 0.6 is 0 Å². The molecule has 0 aliphatic carbocycles. The van der Waals surface area contributed by atoms with E-state index in [0.29, 0.717) is 43.8 Å². The molecule has 0 N–H and O–H groups in total. The maximum Gasteiger partial charge on any atom is 0.282 e. The average molecular weight is 322 g/mol. The van der Waals surface area contributed by atoms with Crippen LogP contribution in [0.4, 0.5) is 0 Å². The van der Waals surface area contributed by atoms with Crippen molar-refractivity contribution in [2.75, 3.05) is 31.9 Å². The van der Waals surface area contributed by atoms with E-state index in [2.05, 4.69) is 13.8 Å². The molecule has 0 spiro atoms. The summed E-state index contributed by atoms with van der Waals surface area (Å²) < 4.78 is 40.2. The molecule has 0 saturated carbocycles. The van der Waals surface area contributed by atoms with Crippen molar-refractivity contribution in [1.82, 2.24) is 8.61 Å². The van der Waals surface area contributed by atoms with Gasteiger partial charge in [0.25, 0.3) is 10.2 Å². The van der Waals surface area contributed by atoms with Crippen LogP contribution < -0.4 is 0 Å². The van der Waals surface area contributed by atoms with E-state index in [1.807, 2.05) is 13.8 Å². The molecule has 0 aromatic carbocycles. The standard InChI is InChI=1S/C13H26N2O3S2/c1-11-7-12(2)9-15(8-11)20(17,18)14-5-6-19(16)13(3,4)10-14/h11-12H,5-10H2,1-4H3/t11-,12+,19-/m1/s1. The van der Waals surface area contributed by atoms with Gasteiger partial charge < -0.3 is 0 Å². The Morgan fingerprint density at radius 2 is 1.65 bits per heavy atom. The first-order valence-corrected chi connectivity index (χ1v) is 9.98. The lowest BCUT2D eigenvalue weighted by Crippen LogP contribution is -2.57. The molecule has 5 nitrogen and oxygen atoms in total. The quantitative estimate of drug-likeness (QED) is 0.763. The predicted molar refractivity (Wildman–Crippen MR) is 82.1 cm³/mol. The Hall–Kier alpha value is 0.0200. The lowest BCUT2D eigenvalue weighted by molar-refractivity contribution is 0.207. The van der Waals surface area contributed by atoms with Gasteiger partial charge in [0.05, 0.1) is 4.75 Å². The normalized spacial score (nSPS) is 36.9. The molecular weight excluding hydrogens is 296 g/mol. The average Bonchev–Trinajstić information content (AvgIpc) is 2.31. The van der Waals surface area contributed by atoms with Gasteiger partial charge >= 0.3 is 0 Å². The molecule has 0 amide bonds. The summed E-state index contributed by atoms with van der Waals surface area (Å²) >= 11 is 0. The molecule has 2 saturated heterocycles. The van der Waals surface area contributed by atoms with E-state index in [-0.39, 0.29) is 0 Å². The molecule has 0 aromatic heterocycles. The van der Waals surface area contributed by atoms with Gasteiger partial charge in [-0.2, -0.15) is 17.0 Å². The van der Waals surface area contributed by atoms with Gasteiger partial charge in [-0.25, -0.2) is 0 Å². The van der Waals surface area contributed by atoms with Gasteiger partial charge in [-0.05, 0) is 32.1 Å². The maximum atomic E-state index is 12.8. The number of hydrogen-bond acceptors (Lipinski definition) is 3. The van der Waals surface area contributed by atoms with E-state index in [0.717, 1.165) is 6.42 Å². The van der Waals surface area contributed by atoms with Gasteiger partial charge in [-0.15, -0.1) is 0 Å². The van der Waals surface area contributed by atoms with Gasteiger partial charge in [-0.1, -0.05) is 13.8 Å².